The molecule has 0 unspecified atom stereocenters. The lowest BCUT2D eigenvalue weighted by Crippen LogP contribution is -2.00. The topological polar surface area (TPSA) is 127 Å². The quantitative estimate of drug-likeness (QED) is 0.188. The van der Waals surface area contributed by atoms with Crippen LogP contribution in [0.3, 0.4) is 0 Å². The van der Waals surface area contributed by atoms with Gasteiger partial charge in [-0.15, -0.1) is 0 Å². The van der Waals surface area contributed by atoms with Crippen LogP contribution in [0.15, 0.2) is 109 Å². The molecule has 6 nitrogen and oxygen atoms in total. The highest BCUT2D eigenvalue weighted by atomic mass is 16.4. The third-order valence-electron chi connectivity index (χ3n) is 6.46. The zero-order chi connectivity index (χ0) is 26.8. The van der Waals surface area contributed by atoms with Crippen molar-refractivity contribution in [1.29, 1.82) is 0 Å². The molecule has 0 aromatic heterocycles. The number of hydrogen-bond donors (Lipinski definition) is 4. The lowest BCUT2D eigenvalue weighted by Gasteiger charge is -2.20. The van der Waals surface area contributed by atoms with E-state index in [1.807, 2.05) is 66.7 Å². The second-order valence-electron chi connectivity index (χ2n) is 8.92. The van der Waals surface area contributed by atoms with Crippen molar-refractivity contribution in [2.24, 2.45) is 0 Å². The number of carboxylic acids is 2. The third kappa shape index (κ3) is 4.70. The second-order valence-corrected chi connectivity index (χ2v) is 8.92. The van der Waals surface area contributed by atoms with Crippen LogP contribution in [0.2, 0.25) is 0 Å². The van der Waals surface area contributed by atoms with Gasteiger partial charge in [-0.25, -0.2) is 9.59 Å². The van der Waals surface area contributed by atoms with Crippen molar-refractivity contribution in [2.45, 2.75) is 0 Å². The fourth-order valence-corrected chi connectivity index (χ4v) is 4.60. The highest BCUT2D eigenvalue weighted by Gasteiger charge is 2.20. The van der Waals surface area contributed by atoms with Crippen molar-refractivity contribution in [1.82, 2.24) is 0 Å². The fourth-order valence-electron chi connectivity index (χ4n) is 4.60. The number of carbonyl (C=O) groups is 2. The van der Waals surface area contributed by atoms with E-state index in [0.29, 0.717) is 22.5 Å². The molecule has 0 amide bonds. The van der Waals surface area contributed by atoms with Gasteiger partial charge >= 0.3 is 11.9 Å². The van der Waals surface area contributed by atoms with Gasteiger partial charge in [-0.05, 0) is 93.0 Å². The van der Waals surface area contributed by atoms with E-state index in [9.17, 15) is 19.8 Å². The molecule has 0 saturated heterocycles. The molecular weight excluding hydrogens is 476 g/mol. The summed E-state index contributed by atoms with van der Waals surface area (Å²) in [6.07, 6.45) is 0. The zero-order valence-corrected chi connectivity index (χ0v) is 20.3. The first-order valence-electron chi connectivity index (χ1n) is 11.9. The Balaban J connectivity index is 1.87. The average molecular weight is 501 g/mol. The van der Waals surface area contributed by atoms with E-state index in [2.05, 4.69) is 0 Å². The average Bonchev–Trinajstić information content (AvgIpc) is 2.93. The van der Waals surface area contributed by atoms with Crippen LogP contribution in [0.5, 0.6) is 0 Å². The molecule has 0 fully saturated rings. The summed E-state index contributed by atoms with van der Waals surface area (Å²) in [4.78, 5) is 23.7. The lowest BCUT2D eigenvalue weighted by atomic mass is 9.83. The highest BCUT2D eigenvalue weighted by Crippen LogP contribution is 2.44. The Morgan fingerprint density at radius 1 is 0.474 bits per heavy atom. The van der Waals surface area contributed by atoms with Gasteiger partial charge in [-0.2, -0.15) is 0 Å². The number of carboxylic acid groups (broad SMARTS) is 2. The number of anilines is 2. The van der Waals surface area contributed by atoms with Gasteiger partial charge in [-0.3, -0.25) is 0 Å². The molecule has 0 heterocycles. The van der Waals surface area contributed by atoms with Crippen LogP contribution in [-0.4, -0.2) is 22.2 Å². The van der Waals surface area contributed by atoms with Crippen molar-refractivity contribution in [2.75, 3.05) is 11.5 Å². The van der Waals surface area contributed by atoms with Gasteiger partial charge in [0.05, 0.1) is 11.1 Å². The number of rotatable bonds is 6. The molecule has 0 aliphatic carbocycles. The molecule has 5 rings (SSSR count). The van der Waals surface area contributed by atoms with Crippen molar-refractivity contribution in [3.63, 3.8) is 0 Å². The maximum Gasteiger partial charge on any atom is 0.335 e. The molecule has 0 aliphatic rings. The zero-order valence-electron chi connectivity index (χ0n) is 20.3. The summed E-state index contributed by atoms with van der Waals surface area (Å²) in [6.45, 7) is 0. The first kappa shape index (κ1) is 24.3. The summed E-state index contributed by atoms with van der Waals surface area (Å²) in [5, 5.41) is 19.4. The van der Waals surface area contributed by atoms with E-state index in [4.69, 9.17) is 11.5 Å². The van der Waals surface area contributed by atoms with Gasteiger partial charge in [0, 0.05) is 11.4 Å². The van der Waals surface area contributed by atoms with Crippen molar-refractivity contribution >= 4 is 23.3 Å². The minimum Gasteiger partial charge on any atom is -0.478 e. The van der Waals surface area contributed by atoms with Crippen LogP contribution in [0.1, 0.15) is 20.7 Å². The molecule has 0 bridgehead atoms. The van der Waals surface area contributed by atoms with Crippen LogP contribution in [0.4, 0.5) is 11.4 Å². The van der Waals surface area contributed by atoms with E-state index in [-0.39, 0.29) is 11.1 Å². The molecule has 0 spiro atoms. The first-order chi connectivity index (χ1) is 18.3. The summed E-state index contributed by atoms with van der Waals surface area (Å²) in [5.41, 5.74) is 19.9. The van der Waals surface area contributed by atoms with E-state index in [0.717, 1.165) is 33.4 Å². The monoisotopic (exact) mass is 500 g/mol. The summed E-state index contributed by atoms with van der Waals surface area (Å²) < 4.78 is 0. The van der Waals surface area contributed by atoms with Crippen LogP contribution in [0.25, 0.3) is 44.5 Å². The molecule has 6 heteroatoms. The molecule has 5 aromatic carbocycles. The van der Waals surface area contributed by atoms with Crippen molar-refractivity contribution < 1.29 is 19.8 Å². The summed E-state index contributed by atoms with van der Waals surface area (Å²) >= 11 is 0. The molecule has 6 N–H and O–H groups in total. The highest BCUT2D eigenvalue weighted by molar-refractivity contribution is 6.02. The number of aromatic carboxylic acids is 2. The molecule has 0 aliphatic heterocycles. The number of benzene rings is 5. The predicted octanol–water partition coefficient (Wildman–Crippen LogP) is 6.92. The maximum absolute atomic E-state index is 11.9. The summed E-state index contributed by atoms with van der Waals surface area (Å²) in [7, 11) is 0. The summed E-state index contributed by atoms with van der Waals surface area (Å²) in [5.74, 6) is -2.13. The van der Waals surface area contributed by atoms with E-state index in [1.54, 1.807) is 36.4 Å². The number of nitrogens with two attached hydrogens (primary N) is 2. The lowest BCUT2D eigenvalue weighted by molar-refractivity contribution is 0.0686. The fraction of sp³-hybridized carbons (Fsp3) is 0. The molecule has 0 radical (unpaired) electrons. The molecular formula is C32H24N2O4. The van der Waals surface area contributed by atoms with Gasteiger partial charge < -0.3 is 21.7 Å². The molecule has 0 atom stereocenters. The van der Waals surface area contributed by atoms with E-state index >= 15 is 0 Å². The minimum absolute atomic E-state index is 0.100. The van der Waals surface area contributed by atoms with Crippen LogP contribution in [-0.2, 0) is 0 Å². The maximum atomic E-state index is 11.9. The van der Waals surface area contributed by atoms with Crippen LogP contribution in [0, 0.1) is 0 Å². The van der Waals surface area contributed by atoms with Crippen molar-refractivity contribution in [3.05, 3.63) is 120 Å². The third-order valence-corrected chi connectivity index (χ3v) is 6.46. The van der Waals surface area contributed by atoms with Gasteiger partial charge in [0.25, 0.3) is 0 Å². The Labute approximate surface area is 219 Å². The molecule has 5 aromatic rings. The van der Waals surface area contributed by atoms with Gasteiger partial charge in [0.2, 0.25) is 0 Å². The van der Waals surface area contributed by atoms with Crippen molar-refractivity contribution in [3.8, 4) is 44.5 Å². The minimum atomic E-state index is -1.07. The molecule has 0 saturated carbocycles. The SMILES string of the molecule is Nc1ccc(-c2cccc(-c3ccc(N)cc3)c2-c2ccc(C(=O)O)cc2-c2cccc(C(=O)O)c2)cc1. The largest absolute Gasteiger partial charge is 0.478 e. The van der Waals surface area contributed by atoms with E-state index < -0.39 is 11.9 Å². The normalized spacial score (nSPS) is 10.7. The predicted molar refractivity (Wildman–Crippen MR) is 151 cm³/mol. The Bertz CT molecular complexity index is 1610. The van der Waals surface area contributed by atoms with Crippen LogP contribution >= 0.6 is 0 Å². The van der Waals surface area contributed by atoms with Gasteiger partial charge in [0.15, 0.2) is 0 Å². The molecule has 186 valence electrons. The van der Waals surface area contributed by atoms with Gasteiger partial charge in [0.1, 0.15) is 0 Å². The summed E-state index contributed by atoms with van der Waals surface area (Å²) in [6, 6.07) is 32.5. The Kier molecular flexibility index (Phi) is 6.37. The Morgan fingerprint density at radius 2 is 0.974 bits per heavy atom. The second kappa shape index (κ2) is 9.95. The van der Waals surface area contributed by atoms with Gasteiger partial charge in [-0.1, -0.05) is 60.7 Å². The number of nitrogen functional groups attached to an aromatic ring is 2. The Hall–Kier alpha value is -5.36. The van der Waals surface area contributed by atoms with E-state index in [1.165, 1.54) is 6.07 Å². The number of hydrogen-bond acceptors (Lipinski definition) is 4. The molecule has 38 heavy (non-hydrogen) atoms. The first-order valence-corrected chi connectivity index (χ1v) is 11.9. The van der Waals surface area contributed by atoms with Crippen LogP contribution < -0.4 is 11.5 Å². The smallest absolute Gasteiger partial charge is 0.335 e. The Morgan fingerprint density at radius 3 is 1.50 bits per heavy atom. The standard InChI is InChI=1S/C32H24N2O4/c33-24-12-7-19(8-13-24)26-5-2-6-27(20-9-14-25(34)15-10-20)30(26)28-16-11-23(32(37)38)18-29(28)21-3-1-4-22(17-21)31(35)36/h1-18H,33-34H2,(H,35,36)(H,37,38).